The minimum atomic E-state index is 0.178. The molecular weight excluding hydrogens is 456 g/mol. The lowest BCUT2D eigenvalue weighted by Crippen LogP contribution is -2.03. The Labute approximate surface area is 193 Å². The number of hydrogen-bond acceptors (Lipinski definition) is 4. The summed E-state index contributed by atoms with van der Waals surface area (Å²) < 4.78 is 12.1. The lowest BCUT2D eigenvalue weighted by molar-refractivity contribution is 0.175. The van der Waals surface area contributed by atoms with E-state index < -0.39 is 0 Å². The largest absolute Gasteiger partial charge is 0.493 e. The summed E-state index contributed by atoms with van der Waals surface area (Å²) in [5.74, 6) is 1.72. The molecule has 0 aromatic heterocycles. The van der Waals surface area contributed by atoms with Crippen LogP contribution < -0.4 is 9.47 Å². The highest BCUT2D eigenvalue weighted by molar-refractivity contribution is 6.56. The maximum absolute atomic E-state index is 6.04. The highest BCUT2D eigenvalue weighted by atomic mass is 35.5. The predicted octanol–water partition coefficient (Wildman–Crippen LogP) is 7.52. The van der Waals surface area contributed by atoms with E-state index in [-0.39, 0.29) is 15.6 Å². The molecule has 0 spiro atoms. The molecule has 0 radical (unpaired) electrons. The van der Waals surface area contributed by atoms with Crippen LogP contribution in [-0.4, -0.2) is 26.0 Å². The Bertz CT molecular complexity index is 697. The molecule has 29 heavy (non-hydrogen) atoms. The normalized spacial score (nSPS) is 10.7. The van der Waals surface area contributed by atoms with Gasteiger partial charge in [-0.3, -0.25) is 0 Å². The van der Waals surface area contributed by atoms with E-state index in [0.717, 1.165) is 54.7 Å². The Morgan fingerprint density at radius 1 is 0.966 bits per heavy atom. The predicted molar refractivity (Wildman–Crippen MR) is 124 cm³/mol. The van der Waals surface area contributed by atoms with Crippen LogP contribution in [0.25, 0.3) is 0 Å². The Kier molecular flexibility index (Phi) is 14.1. The zero-order valence-electron chi connectivity index (χ0n) is 16.7. The topological polar surface area (TPSA) is 40.0 Å². The number of oxime groups is 1. The lowest BCUT2D eigenvalue weighted by Gasteiger charge is -2.15. The molecule has 0 bridgehead atoms. The number of unbranched alkanes of at least 4 members (excludes halogenated alkanes) is 3. The first-order valence-corrected chi connectivity index (χ1v) is 11.0. The summed E-state index contributed by atoms with van der Waals surface area (Å²) in [5, 5.41) is 3.83. The molecule has 0 aliphatic heterocycles. The second kappa shape index (κ2) is 15.7. The molecule has 0 N–H and O–H groups in total. The standard InChI is InChI=1S/C21H27Cl4NO3/c1-3-17-15-18(27-12-8-19(22)23)14-16(2)21(17)28-11-7-5-4-6-10-26-29-13-9-20(24)25/h8-10,14-15H,3-7,11-13H2,1-2H3. The van der Waals surface area contributed by atoms with Crippen LogP contribution in [0.15, 0.2) is 38.4 Å². The van der Waals surface area contributed by atoms with Crippen LogP contribution in [-0.2, 0) is 11.3 Å². The van der Waals surface area contributed by atoms with Gasteiger partial charge in [0, 0.05) is 6.21 Å². The minimum absolute atomic E-state index is 0.178. The van der Waals surface area contributed by atoms with Crippen molar-refractivity contribution in [3.8, 4) is 11.5 Å². The van der Waals surface area contributed by atoms with E-state index in [2.05, 4.69) is 12.1 Å². The molecule has 1 rings (SSSR count). The van der Waals surface area contributed by atoms with E-state index in [0.29, 0.717) is 13.2 Å². The van der Waals surface area contributed by atoms with Crippen LogP contribution in [0.2, 0.25) is 0 Å². The van der Waals surface area contributed by atoms with Crippen LogP contribution in [0.4, 0.5) is 0 Å². The van der Waals surface area contributed by atoms with Gasteiger partial charge in [-0.15, -0.1) is 0 Å². The molecule has 1 aromatic carbocycles. The molecule has 0 fully saturated rings. The highest BCUT2D eigenvalue weighted by Gasteiger charge is 2.09. The number of nitrogens with zero attached hydrogens (tertiary/aromatic N) is 1. The summed E-state index contributed by atoms with van der Waals surface area (Å²) in [6.45, 7) is 5.39. The smallest absolute Gasteiger partial charge is 0.138 e. The van der Waals surface area contributed by atoms with E-state index in [1.165, 1.54) is 6.08 Å². The van der Waals surface area contributed by atoms with Crippen LogP contribution in [0.5, 0.6) is 11.5 Å². The van der Waals surface area contributed by atoms with E-state index >= 15 is 0 Å². The quantitative estimate of drug-likeness (QED) is 0.156. The van der Waals surface area contributed by atoms with Crippen LogP contribution in [0.1, 0.15) is 43.7 Å². The first-order valence-electron chi connectivity index (χ1n) is 9.49. The van der Waals surface area contributed by atoms with Gasteiger partial charge in [0.05, 0.1) is 6.61 Å². The van der Waals surface area contributed by atoms with Gasteiger partial charge in [0.15, 0.2) is 0 Å². The molecule has 0 unspecified atom stereocenters. The van der Waals surface area contributed by atoms with Crippen molar-refractivity contribution in [3.05, 3.63) is 44.4 Å². The summed E-state index contributed by atoms with van der Waals surface area (Å²) in [5.41, 5.74) is 2.17. The van der Waals surface area contributed by atoms with Crippen molar-refractivity contribution in [3.63, 3.8) is 0 Å². The third kappa shape index (κ3) is 12.3. The van der Waals surface area contributed by atoms with Crippen molar-refractivity contribution in [2.75, 3.05) is 19.8 Å². The van der Waals surface area contributed by atoms with Gasteiger partial charge in [-0.2, -0.15) is 0 Å². The summed E-state index contributed by atoms with van der Waals surface area (Å²) in [4.78, 5) is 4.99. The highest BCUT2D eigenvalue weighted by Crippen LogP contribution is 2.30. The van der Waals surface area contributed by atoms with Gasteiger partial charge >= 0.3 is 0 Å². The second-order valence-corrected chi connectivity index (χ2v) is 8.18. The molecular formula is C21H27Cl4NO3. The molecule has 0 saturated carbocycles. The SMILES string of the molecule is CCc1cc(OCC=C(Cl)Cl)cc(C)c1OCCCCCC=NOCC=C(Cl)Cl. The Morgan fingerprint density at radius 3 is 2.38 bits per heavy atom. The van der Waals surface area contributed by atoms with Gasteiger partial charge in [-0.25, -0.2) is 0 Å². The molecule has 0 saturated heterocycles. The zero-order chi connectivity index (χ0) is 21.5. The van der Waals surface area contributed by atoms with Crippen molar-refractivity contribution < 1.29 is 14.3 Å². The Hall–Kier alpha value is -1.07. The van der Waals surface area contributed by atoms with Crippen molar-refractivity contribution in [2.24, 2.45) is 5.16 Å². The maximum Gasteiger partial charge on any atom is 0.138 e. The zero-order valence-corrected chi connectivity index (χ0v) is 19.8. The van der Waals surface area contributed by atoms with Gasteiger partial charge in [-0.05, 0) is 74.4 Å². The fourth-order valence-corrected chi connectivity index (χ4v) is 2.75. The van der Waals surface area contributed by atoms with Gasteiger partial charge < -0.3 is 14.3 Å². The number of rotatable bonds is 14. The van der Waals surface area contributed by atoms with Gasteiger partial charge in [0.1, 0.15) is 33.7 Å². The fourth-order valence-electron chi connectivity index (χ4n) is 2.50. The van der Waals surface area contributed by atoms with Crippen LogP contribution in [0.3, 0.4) is 0 Å². The monoisotopic (exact) mass is 481 g/mol. The summed E-state index contributed by atoms with van der Waals surface area (Å²) in [6.07, 6.45) is 9.65. The third-order valence-electron chi connectivity index (χ3n) is 3.88. The van der Waals surface area contributed by atoms with Gasteiger partial charge in [0.25, 0.3) is 0 Å². The Morgan fingerprint density at radius 2 is 1.69 bits per heavy atom. The summed E-state index contributed by atoms with van der Waals surface area (Å²) >= 11 is 22.1. The fraction of sp³-hybridized carbons (Fsp3) is 0.476. The molecule has 0 atom stereocenters. The molecule has 162 valence electrons. The maximum atomic E-state index is 6.04. The summed E-state index contributed by atoms with van der Waals surface area (Å²) in [7, 11) is 0. The number of benzene rings is 1. The van der Waals surface area contributed by atoms with E-state index in [1.807, 2.05) is 19.1 Å². The molecule has 8 heteroatoms. The molecule has 0 heterocycles. The number of aryl methyl sites for hydroxylation is 2. The van der Waals surface area contributed by atoms with E-state index in [4.69, 9.17) is 60.7 Å². The second-order valence-electron chi connectivity index (χ2n) is 6.16. The van der Waals surface area contributed by atoms with Crippen molar-refractivity contribution in [2.45, 2.75) is 46.0 Å². The number of hydrogen-bond donors (Lipinski definition) is 0. The van der Waals surface area contributed by atoms with Gasteiger partial charge in [-0.1, -0.05) is 58.5 Å². The first-order chi connectivity index (χ1) is 13.9. The average Bonchev–Trinajstić information content (AvgIpc) is 2.66. The molecule has 0 amide bonds. The number of halogens is 4. The molecule has 0 aliphatic carbocycles. The minimum Gasteiger partial charge on any atom is -0.493 e. The van der Waals surface area contributed by atoms with Crippen LogP contribution >= 0.6 is 46.4 Å². The Balaban J connectivity index is 2.34. The molecule has 0 aliphatic rings. The van der Waals surface area contributed by atoms with Crippen molar-refractivity contribution >= 4 is 52.6 Å². The first kappa shape index (κ1) is 26.0. The van der Waals surface area contributed by atoms with E-state index in [1.54, 1.807) is 12.3 Å². The van der Waals surface area contributed by atoms with E-state index in [9.17, 15) is 0 Å². The van der Waals surface area contributed by atoms with Gasteiger partial charge in [0.2, 0.25) is 0 Å². The molecule has 4 nitrogen and oxygen atoms in total. The lowest BCUT2D eigenvalue weighted by atomic mass is 10.1. The van der Waals surface area contributed by atoms with Crippen molar-refractivity contribution in [1.82, 2.24) is 0 Å². The van der Waals surface area contributed by atoms with Crippen molar-refractivity contribution in [1.29, 1.82) is 0 Å². The number of ether oxygens (including phenoxy) is 2. The molecule has 1 aromatic rings. The van der Waals surface area contributed by atoms with Crippen LogP contribution in [0, 0.1) is 6.92 Å². The average molecular weight is 483 g/mol. The summed E-state index contributed by atoms with van der Waals surface area (Å²) in [6, 6.07) is 3.97. The third-order valence-corrected chi connectivity index (χ3v) is 4.50.